The number of nitrogens with zero attached hydrogens (tertiary/aromatic N) is 2. The van der Waals surface area contributed by atoms with Gasteiger partial charge in [-0.25, -0.2) is 0 Å². The number of phenols is 1. The molecular formula is C15H24N2O4. The first-order valence-electron chi connectivity index (χ1n) is 6.99. The van der Waals surface area contributed by atoms with Gasteiger partial charge in [0.1, 0.15) is 5.75 Å². The molecule has 0 spiro atoms. The molecule has 118 valence electrons. The number of hydrogen-bond acceptors (Lipinski definition) is 6. The van der Waals surface area contributed by atoms with Crippen LogP contribution in [0.25, 0.3) is 0 Å². The molecule has 4 N–H and O–H groups in total. The summed E-state index contributed by atoms with van der Waals surface area (Å²) in [6.07, 6.45) is 1.55. The lowest BCUT2D eigenvalue weighted by molar-refractivity contribution is 0.155. The van der Waals surface area contributed by atoms with E-state index in [1.54, 1.807) is 6.21 Å². The lowest BCUT2D eigenvalue weighted by Crippen LogP contribution is -2.29. The predicted octanol–water partition coefficient (Wildman–Crippen LogP) is -0.102. The molecule has 1 aromatic rings. The Bertz CT molecular complexity index is 457. The standard InChI is InChI=1S/C15H24N2O4/c1-12-8-13(10-16-2-5-18)15(21)14(9-12)11-17(3-6-19)4-7-20/h8-10,18-21H,2-7,11H2,1H3. The van der Waals surface area contributed by atoms with E-state index in [4.69, 9.17) is 15.3 Å². The van der Waals surface area contributed by atoms with E-state index in [1.165, 1.54) is 0 Å². The maximum absolute atomic E-state index is 10.3. The van der Waals surface area contributed by atoms with Crippen molar-refractivity contribution in [2.24, 2.45) is 4.99 Å². The first-order chi connectivity index (χ1) is 10.1. The van der Waals surface area contributed by atoms with E-state index in [1.807, 2.05) is 24.0 Å². The number of benzene rings is 1. The largest absolute Gasteiger partial charge is 0.507 e. The normalized spacial score (nSPS) is 11.7. The maximum atomic E-state index is 10.3. The summed E-state index contributed by atoms with van der Waals surface area (Å²) in [6.45, 7) is 3.49. The fraction of sp³-hybridized carbons (Fsp3) is 0.533. The van der Waals surface area contributed by atoms with Gasteiger partial charge in [-0.05, 0) is 18.6 Å². The molecule has 1 aromatic carbocycles. The van der Waals surface area contributed by atoms with E-state index in [-0.39, 0.29) is 25.6 Å². The minimum atomic E-state index is -0.0310. The van der Waals surface area contributed by atoms with Gasteiger partial charge in [-0.3, -0.25) is 9.89 Å². The Hall–Kier alpha value is -1.47. The number of aryl methyl sites for hydroxylation is 1. The number of aliphatic hydroxyl groups is 3. The summed E-state index contributed by atoms with van der Waals surface area (Å²) < 4.78 is 0. The fourth-order valence-electron chi connectivity index (χ4n) is 2.12. The van der Waals surface area contributed by atoms with E-state index in [0.717, 1.165) is 11.1 Å². The molecule has 0 bridgehead atoms. The van der Waals surface area contributed by atoms with Gasteiger partial charge in [0, 0.05) is 37.0 Å². The summed E-state index contributed by atoms with van der Waals surface area (Å²) in [4.78, 5) is 5.89. The molecule has 0 aliphatic rings. The highest BCUT2D eigenvalue weighted by Crippen LogP contribution is 2.24. The second-order valence-electron chi connectivity index (χ2n) is 4.84. The number of rotatable bonds is 9. The van der Waals surface area contributed by atoms with Crippen LogP contribution in [0.15, 0.2) is 17.1 Å². The average Bonchev–Trinajstić information content (AvgIpc) is 2.44. The Morgan fingerprint density at radius 3 is 2.33 bits per heavy atom. The van der Waals surface area contributed by atoms with Gasteiger partial charge in [0.25, 0.3) is 0 Å². The van der Waals surface area contributed by atoms with Crippen molar-refractivity contribution in [2.45, 2.75) is 13.5 Å². The third-order valence-electron chi connectivity index (χ3n) is 3.05. The molecule has 0 unspecified atom stereocenters. The van der Waals surface area contributed by atoms with Crippen molar-refractivity contribution in [1.29, 1.82) is 0 Å². The topological polar surface area (TPSA) is 96.5 Å². The van der Waals surface area contributed by atoms with Crippen LogP contribution in [-0.2, 0) is 6.54 Å². The van der Waals surface area contributed by atoms with Crippen LogP contribution in [0.4, 0.5) is 0 Å². The van der Waals surface area contributed by atoms with E-state index >= 15 is 0 Å². The first-order valence-corrected chi connectivity index (χ1v) is 6.99. The van der Waals surface area contributed by atoms with Crippen molar-refractivity contribution in [3.05, 3.63) is 28.8 Å². The average molecular weight is 296 g/mol. The summed E-state index contributed by atoms with van der Waals surface area (Å²) in [5.41, 5.74) is 2.31. The zero-order chi connectivity index (χ0) is 15.7. The first kappa shape index (κ1) is 17.6. The Balaban J connectivity index is 2.95. The number of aliphatic imine (C=N–C) groups is 1. The van der Waals surface area contributed by atoms with E-state index < -0.39 is 0 Å². The molecule has 0 heterocycles. The van der Waals surface area contributed by atoms with E-state index in [9.17, 15) is 5.11 Å². The Morgan fingerprint density at radius 1 is 1.10 bits per heavy atom. The zero-order valence-electron chi connectivity index (χ0n) is 12.4. The smallest absolute Gasteiger partial charge is 0.128 e. The molecule has 1 rings (SSSR count). The minimum absolute atomic E-state index is 0.00259. The van der Waals surface area contributed by atoms with Crippen LogP contribution in [0.2, 0.25) is 0 Å². The summed E-state index contributed by atoms with van der Waals surface area (Å²) in [6, 6.07) is 3.70. The highest BCUT2D eigenvalue weighted by molar-refractivity contribution is 5.84. The highest BCUT2D eigenvalue weighted by Gasteiger charge is 2.11. The summed E-state index contributed by atoms with van der Waals surface area (Å²) in [5.74, 6) is 0.142. The van der Waals surface area contributed by atoms with Crippen LogP contribution in [-0.4, -0.2) is 71.0 Å². The second-order valence-corrected chi connectivity index (χ2v) is 4.84. The SMILES string of the molecule is Cc1cc(C=NCCO)c(O)c(CN(CCO)CCO)c1. The molecule has 0 aliphatic carbocycles. The van der Waals surface area contributed by atoms with Gasteiger partial charge in [-0.2, -0.15) is 0 Å². The van der Waals surface area contributed by atoms with Crippen LogP contribution in [0.3, 0.4) is 0 Å². The Kier molecular flexibility index (Phi) is 7.92. The van der Waals surface area contributed by atoms with Crippen LogP contribution in [0.5, 0.6) is 5.75 Å². The molecular weight excluding hydrogens is 272 g/mol. The number of aliphatic hydroxyl groups excluding tert-OH is 3. The van der Waals surface area contributed by atoms with Gasteiger partial charge in [0.2, 0.25) is 0 Å². The van der Waals surface area contributed by atoms with Crippen molar-refractivity contribution in [2.75, 3.05) is 39.5 Å². The van der Waals surface area contributed by atoms with Crippen molar-refractivity contribution in [3.63, 3.8) is 0 Å². The highest BCUT2D eigenvalue weighted by atomic mass is 16.3. The van der Waals surface area contributed by atoms with Crippen molar-refractivity contribution >= 4 is 6.21 Å². The number of phenolic OH excluding ortho intramolecular Hbond substituents is 1. The minimum Gasteiger partial charge on any atom is -0.507 e. The summed E-state index contributed by atoms with van der Waals surface area (Å²) >= 11 is 0. The van der Waals surface area contributed by atoms with Crippen molar-refractivity contribution in [1.82, 2.24) is 4.90 Å². The molecule has 0 atom stereocenters. The Morgan fingerprint density at radius 2 is 1.76 bits per heavy atom. The van der Waals surface area contributed by atoms with Crippen molar-refractivity contribution < 1.29 is 20.4 Å². The quantitative estimate of drug-likeness (QED) is 0.477. The molecule has 0 saturated heterocycles. The lowest BCUT2D eigenvalue weighted by Gasteiger charge is -2.21. The molecule has 0 radical (unpaired) electrons. The van der Waals surface area contributed by atoms with Crippen LogP contribution in [0.1, 0.15) is 16.7 Å². The van der Waals surface area contributed by atoms with Gasteiger partial charge >= 0.3 is 0 Å². The lowest BCUT2D eigenvalue weighted by atomic mass is 10.0. The van der Waals surface area contributed by atoms with Gasteiger partial charge in [-0.1, -0.05) is 6.07 Å². The van der Waals surface area contributed by atoms with E-state index in [2.05, 4.69) is 4.99 Å². The molecule has 0 amide bonds. The van der Waals surface area contributed by atoms with Gasteiger partial charge < -0.3 is 20.4 Å². The fourth-order valence-corrected chi connectivity index (χ4v) is 2.12. The van der Waals surface area contributed by atoms with Crippen LogP contribution >= 0.6 is 0 Å². The number of aromatic hydroxyl groups is 1. The zero-order valence-corrected chi connectivity index (χ0v) is 12.4. The third kappa shape index (κ3) is 5.81. The molecule has 0 aromatic heterocycles. The van der Waals surface area contributed by atoms with Gasteiger partial charge in [0.15, 0.2) is 0 Å². The molecule has 21 heavy (non-hydrogen) atoms. The molecule has 0 fully saturated rings. The molecule has 6 heteroatoms. The Labute approximate surface area is 125 Å². The predicted molar refractivity (Wildman–Crippen MR) is 81.8 cm³/mol. The maximum Gasteiger partial charge on any atom is 0.128 e. The van der Waals surface area contributed by atoms with Crippen molar-refractivity contribution in [3.8, 4) is 5.75 Å². The summed E-state index contributed by atoms with van der Waals surface area (Å²) in [7, 11) is 0. The molecule has 6 nitrogen and oxygen atoms in total. The number of hydrogen-bond donors (Lipinski definition) is 4. The molecule has 0 saturated carbocycles. The second kappa shape index (κ2) is 9.46. The van der Waals surface area contributed by atoms with Crippen LogP contribution in [0, 0.1) is 6.92 Å². The van der Waals surface area contributed by atoms with Gasteiger partial charge in [-0.15, -0.1) is 0 Å². The van der Waals surface area contributed by atoms with E-state index in [0.29, 0.717) is 31.7 Å². The van der Waals surface area contributed by atoms with Crippen LogP contribution < -0.4 is 0 Å². The van der Waals surface area contributed by atoms with Gasteiger partial charge in [0.05, 0.1) is 26.4 Å². The monoisotopic (exact) mass is 296 g/mol. The third-order valence-corrected chi connectivity index (χ3v) is 3.05. The molecule has 0 aliphatic heterocycles. The summed E-state index contributed by atoms with van der Waals surface area (Å²) in [5, 5.41) is 37.1.